The summed E-state index contributed by atoms with van der Waals surface area (Å²) in [6.07, 6.45) is 2.59. The summed E-state index contributed by atoms with van der Waals surface area (Å²) in [6.45, 7) is 5.31. The number of ketones is 1. The lowest BCUT2D eigenvalue weighted by Crippen LogP contribution is -2.47. The van der Waals surface area contributed by atoms with Gasteiger partial charge in [-0.05, 0) is 61.4 Å². The highest BCUT2D eigenvalue weighted by Crippen LogP contribution is 2.39. The molecule has 0 atom stereocenters. The lowest BCUT2D eigenvalue weighted by molar-refractivity contribution is -0.119. The molecule has 0 radical (unpaired) electrons. The van der Waals surface area contributed by atoms with Crippen molar-refractivity contribution in [1.29, 1.82) is 0 Å². The third kappa shape index (κ3) is 6.07. The van der Waals surface area contributed by atoms with E-state index in [2.05, 4.69) is 49.6 Å². The first kappa shape index (κ1) is 26.2. The molecule has 9 nitrogen and oxygen atoms in total. The summed E-state index contributed by atoms with van der Waals surface area (Å²) in [6, 6.07) is 20.5. The van der Waals surface area contributed by atoms with Crippen LogP contribution in [0.1, 0.15) is 24.1 Å². The first-order chi connectivity index (χ1) is 19.6. The Morgan fingerprint density at radius 3 is 2.40 bits per heavy atom. The van der Waals surface area contributed by atoms with Crippen molar-refractivity contribution < 1.29 is 9.53 Å². The summed E-state index contributed by atoms with van der Waals surface area (Å²) in [4.78, 5) is 27.7. The predicted molar refractivity (Wildman–Crippen MR) is 158 cm³/mol. The number of hydrogen-bond donors (Lipinski definition) is 2. The predicted octanol–water partition coefficient (Wildman–Crippen LogP) is 5.26. The SMILES string of the molecule is COc1c(Nc2cc(C)[nH]n2)nc(Sc2ccc(CC(=O)C3CC3)cc2)nc1N1CCN(c2ccccc2)CC1. The van der Waals surface area contributed by atoms with E-state index in [-0.39, 0.29) is 5.92 Å². The molecule has 3 heterocycles. The molecule has 2 aliphatic rings. The molecule has 0 bridgehead atoms. The van der Waals surface area contributed by atoms with E-state index in [4.69, 9.17) is 14.7 Å². The van der Waals surface area contributed by atoms with Crippen LogP contribution in [0.2, 0.25) is 0 Å². The van der Waals surface area contributed by atoms with E-state index in [1.807, 2.05) is 43.3 Å². The Kier molecular flexibility index (Phi) is 7.59. The molecule has 2 aromatic carbocycles. The Morgan fingerprint density at radius 1 is 1.02 bits per heavy atom. The molecule has 0 amide bonds. The van der Waals surface area contributed by atoms with E-state index in [1.165, 1.54) is 17.4 Å². The van der Waals surface area contributed by atoms with Crippen LogP contribution in [-0.4, -0.2) is 59.2 Å². The highest BCUT2D eigenvalue weighted by molar-refractivity contribution is 7.99. The normalized spacial score (nSPS) is 15.2. The van der Waals surface area contributed by atoms with Gasteiger partial charge in [-0.3, -0.25) is 9.89 Å². The van der Waals surface area contributed by atoms with Crippen molar-refractivity contribution in [2.75, 3.05) is 48.4 Å². The fourth-order valence-corrected chi connectivity index (χ4v) is 5.65. The zero-order valence-corrected chi connectivity index (χ0v) is 23.6. The summed E-state index contributed by atoms with van der Waals surface area (Å²) in [5.74, 6) is 3.20. The summed E-state index contributed by atoms with van der Waals surface area (Å²) >= 11 is 1.49. The third-order valence-electron chi connectivity index (χ3n) is 7.23. The quantitative estimate of drug-likeness (QED) is 0.254. The molecule has 206 valence electrons. The number of piperazine rings is 1. The number of nitrogens with one attached hydrogen (secondary N) is 2. The van der Waals surface area contributed by atoms with Gasteiger partial charge in [0.15, 0.2) is 22.6 Å². The van der Waals surface area contributed by atoms with E-state index in [1.54, 1.807) is 7.11 Å². The number of nitrogens with zero attached hydrogens (tertiary/aromatic N) is 5. The topological polar surface area (TPSA) is 99.3 Å². The fourth-order valence-electron chi connectivity index (χ4n) is 4.90. The molecule has 1 aliphatic carbocycles. The number of rotatable bonds is 10. The van der Waals surface area contributed by atoms with Gasteiger partial charge < -0.3 is 19.9 Å². The molecule has 40 heavy (non-hydrogen) atoms. The van der Waals surface area contributed by atoms with Gasteiger partial charge in [-0.1, -0.05) is 30.3 Å². The number of H-pyrrole nitrogens is 1. The zero-order chi connectivity index (χ0) is 27.5. The summed E-state index contributed by atoms with van der Waals surface area (Å²) in [7, 11) is 1.65. The summed E-state index contributed by atoms with van der Waals surface area (Å²) < 4.78 is 5.88. The zero-order valence-electron chi connectivity index (χ0n) is 22.8. The van der Waals surface area contributed by atoms with Crippen molar-refractivity contribution in [2.24, 2.45) is 5.92 Å². The van der Waals surface area contributed by atoms with Crippen LogP contribution in [0.5, 0.6) is 5.75 Å². The summed E-state index contributed by atoms with van der Waals surface area (Å²) in [5, 5.41) is 11.2. The van der Waals surface area contributed by atoms with Gasteiger partial charge in [-0.15, -0.1) is 0 Å². The second kappa shape index (κ2) is 11.6. The molecule has 4 aromatic rings. The number of hydrogen-bond acceptors (Lipinski definition) is 9. The highest BCUT2D eigenvalue weighted by Gasteiger charge is 2.29. The highest BCUT2D eigenvalue weighted by atomic mass is 32.2. The molecule has 1 aliphatic heterocycles. The number of ether oxygens (including phenoxy) is 1. The number of benzene rings is 2. The monoisotopic (exact) mass is 555 g/mol. The Morgan fingerprint density at radius 2 is 1.75 bits per heavy atom. The molecule has 2 fully saturated rings. The summed E-state index contributed by atoms with van der Waals surface area (Å²) in [5.41, 5.74) is 3.22. The van der Waals surface area contributed by atoms with E-state index < -0.39 is 0 Å². The number of anilines is 4. The molecule has 2 aromatic heterocycles. The van der Waals surface area contributed by atoms with Crippen LogP contribution in [0, 0.1) is 12.8 Å². The van der Waals surface area contributed by atoms with Crippen LogP contribution in [0.3, 0.4) is 0 Å². The van der Waals surface area contributed by atoms with Crippen molar-refractivity contribution in [3.63, 3.8) is 0 Å². The Labute approximate surface area is 238 Å². The number of methoxy groups -OCH3 is 1. The first-order valence-corrected chi connectivity index (χ1v) is 14.5. The van der Waals surface area contributed by atoms with Crippen molar-refractivity contribution in [3.8, 4) is 5.75 Å². The van der Waals surface area contributed by atoms with Gasteiger partial charge in [0, 0.05) is 60.9 Å². The van der Waals surface area contributed by atoms with Gasteiger partial charge in [0.25, 0.3) is 0 Å². The third-order valence-corrected chi connectivity index (χ3v) is 8.10. The molecule has 0 spiro atoms. The molecular formula is C30H33N7O2S. The Hall–Kier alpha value is -4.05. The standard InChI is InChI=1S/C30H33N7O2S/c1-20-18-26(35-34-20)31-28-27(39-2)29(37-16-14-36(15-17-37)23-6-4-3-5-7-23)33-30(32-28)40-24-12-8-21(9-13-24)19-25(38)22-10-11-22/h3-9,12-13,18,22H,10-11,14-17,19H2,1-2H3,(H2,31,32,33,34,35). The van der Waals surface area contributed by atoms with Crippen LogP contribution in [0.25, 0.3) is 0 Å². The van der Waals surface area contributed by atoms with Gasteiger partial charge in [-0.2, -0.15) is 5.10 Å². The molecule has 6 rings (SSSR count). The van der Waals surface area contributed by atoms with Crippen LogP contribution < -0.4 is 19.9 Å². The largest absolute Gasteiger partial charge is 0.490 e. The fraction of sp³-hybridized carbons (Fsp3) is 0.333. The average molecular weight is 556 g/mol. The second-order valence-electron chi connectivity index (χ2n) is 10.2. The number of aromatic amines is 1. The molecule has 0 unspecified atom stereocenters. The smallest absolute Gasteiger partial charge is 0.204 e. The van der Waals surface area contributed by atoms with E-state index in [0.717, 1.165) is 61.0 Å². The van der Waals surface area contributed by atoms with Crippen molar-refractivity contribution in [3.05, 3.63) is 71.9 Å². The molecule has 2 N–H and O–H groups in total. The van der Waals surface area contributed by atoms with Crippen molar-refractivity contribution >= 4 is 40.7 Å². The Balaban J connectivity index is 1.25. The van der Waals surface area contributed by atoms with Gasteiger partial charge in [-0.25, -0.2) is 9.97 Å². The lowest BCUT2D eigenvalue weighted by atomic mass is 10.1. The van der Waals surface area contributed by atoms with Crippen LogP contribution in [0.4, 0.5) is 23.1 Å². The second-order valence-corrected chi connectivity index (χ2v) is 11.3. The first-order valence-electron chi connectivity index (χ1n) is 13.7. The van der Waals surface area contributed by atoms with Crippen molar-refractivity contribution in [2.45, 2.75) is 36.2 Å². The minimum absolute atomic E-state index is 0.277. The van der Waals surface area contributed by atoms with Crippen molar-refractivity contribution in [1.82, 2.24) is 20.2 Å². The van der Waals surface area contributed by atoms with Gasteiger partial charge in [0.05, 0.1) is 7.11 Å². The van der Waals surface area contributed by atoms with Gasteiger partial charge in [0.2, 0.25) is 5.75 Å². The number of aryl methyl sites for hydroxylation is 1. The number of carbonyl (C=O) groups is 1. The number of aromatic nitrogens is 4. The van der Waals surface area contributed by atoms with E-state index >= 15 is 0 Å². The number of para-hydroxylation sites is 1. The maximum absolute atomic E-state index is 12.2. The Bertz CT molecular complexity index is 1460. The van der Waals surface area contributed by atoms with Gasteiger partial charge >= 0.3 is 0 Å². The number of Topliss-reactive ketones (excluding diaryl/α,β-unsaturated/α-hetero) is 1. The molecule has 10 heteroatoms. The lowest BCUT2D eigenvalue weighted by Gasteiger charge is -2.37. The van der Waals surface area contributed by atoms with Gasteiger partial charge in [0.1, 0.15) is 5.78 Å². The van der Waals surface area contributed by atoms with Crippen LogP contribution in [0.15, 0.2) is 70.7 Å². The van der Waals surface area contributed by atoms with E-state index in [9.17, 15) is 4.79 Å². The van der Waals surface area contributed by atoms with E-state index in [0.29, 0.717) is 34.7 Å². The maximum Gasteiger partial charge on any atom is 0.204 e. The van der Waals surface area contributed by atoms with Crippen LogP contribution >= 0.6 is 11.8 Å². The molecule has 1 saturated carbocycles. The maximum atomic E-state index is 12.2. The minimum Gasteiger partial charge on any atom is -0.490 e. The van der Waals surface area contributed by atoms with Crippen LogP contribution in [-0.2, 0) is 11.2 Å². The minimum atomic E-state index is 0.277. The number of carbonyl (C=O) groups excluding carboxylic acids is 1. The molecule has 1 saturated heterocycles. The average Bonchev–Trinajstić information content (AvgIpc) is 3.76. The molecular weight excluding hydrogens is 522 g/mol.